The molecule has 0 unspecified atom stereocenters. The van der Waals surface area contributed by atoms with Gasteiger partial charge in [0.2, 0.25) is 0 Å². The number of unbranched alkanes of at least 4 members (excludes halogenated alkanes) is 15. The molecule has 0 bridgehead atoms. The van der Waals surface area contributed by atoms with Crippen molar-refractivity contribution >= 4 is 34.3 Å². The molecule has 0 aromatic heterocycles. The third kappa shape index (κ3) is 12.8. The largest absolute Gasteiger partial charge is 0.338 e. The summed E-state index contributed by atoms with van der Waals surface area (Å²) in [6, 6.07) is -0.0721. The zero-order valence-corrected chi connectivity index (χ0v) is 19.7. The van der Waals surface area contributed by atoms with Gasteiger partial charge in [0.05, 0.1) is 6.54 Å². The molecule has 0 spiro atoms. The first kappa shape index (κ1) is 25.5. The van der Waals surface area contributed by atoms with E-state index in [1.54, 1.807) is 4.90 Å². The molecule has 28 heavy (non-hydrogen) atoms. The van der Waals surface area contributed by atoms with Crippen LogP contribution in [0.5, 0.6) is 0 Å². The Morgan fingerprint density at radius 1 is 0.893 bits per heavy atom. The summed E-state index contributed by atoms with van der Waals surface area (Å²) >= 11 is 6.60. The zero-order chi connectivity index (χ0) is 20.5. The first-order valence-electron chi connectivity index (χ1n) is 11.6. The van der Waals surface area contributed by atoms with Crippen molar-refractivity contribution in [3.8, 4) is 0 Å². The molecule has 1 fully saturated rings. The van der Waals surface area contributed by atoms with Gasteiger partial charge < -0.3 is 5.32 Å². The van der Waals surface area contributed by atoms with Gasteiger partial charge in [-0.3, -0.25) is 4.90 Å². The van der Waals surface area contributed by atoms with Crippen LogP contribution in [-0.4, -0.2) is 28.3 Å². The fourth-order valence-electron chi connectivity index (χ4n) is 3.57. The summed E-state index contributed by atoms with van der Waals surface area (Å²) in [4.78, 5) is 14.6. The molecule has 0 aromatic rings. The van der Waals surface area contributed by atoms with E-state index < -0.39 is 0 Å². The number of carbonyl (C=O) groups excluding carboxylic acids is 1. The van der Waals surface area contributed by atoms with Gasteiger partial charge in [0.15, 0.2) is 0 Å². The lowest BCUT2D eigenvalue weighted by molar-refractivity contribution is 0.225. The molecule has 1 rings (SSSR count). The maximum atomic E-state index is 12.0. The molecule has 1 aliphatic rings. The Balaban J connectivity index is 1.77. The van der Waals surface area contributed by atoms with Gasteiger partial charge in [0.25, 0.3) is 0 Å². The number of carbonyl (C=O) groups is 1. The van der Waals surface area contributed by atoms with Crippen molar-refractivity contribution in [3.63, 3.8) is 0 Å². The fraction of sp³-hybridized carbons (Fsp3) is 0.826. The minimum absolute atomic E-state index is 0.0721. The molecular formula is C23H42N2OS2. The molecule has 1 saturated heterocycles. The van der Waals surface area contributed by atoms with Crippen LogP contribution in [0.1, 0.15) is 110 Å². The summed E-state index contributed by atoms with van der Waals surface area (Å²) in [7, 11) is 0. The van der Waals surface area contributed by atoms with Crippen molar-refractivity contribution in [2.75, 3.05) is 13.1 Å². The molecule has 0 atom stereocenters. The van der Waals surface area contributed by atoms with Gasteiger partial charge in [-0.05, 0) is 6.42 Å². The SMILES string of the molecule is C=C1CN(C(=O)NCCCCCCCCCCCCCCCCCC)C(=S)S1. The minimum Gasteiger partial charge on any atom is -0.338 e. The van der Waals surface area contributed by atoms with E-state index in [0.717, 1.165) is 17.9 Å². The van der Waals surface area contributed by atoms with Crippen LogP contribution in [0, 0.1) is 0 Å². The van der Waals surface area contributed by atoms with E-state index in [0.29, 0.717) is 10.9 Å². The Morgan fingerprint density at radius 3 is 1.71 bits per heavy atom. The van der Waals surface area contributed by atoms with Crippen molar-refractivity contribution in [2.24, 2.45) is 0 Å². The van der Waals surface area contributed by atoms with Crippen LogP contribution in [0.4, 0.5) is 4.79 Å². The third-order valence-electron chi connectivity index (χ3n) is 5.34. The lowest BCUT2D eigenvalue weighted by Gasteiger charge is -2.15. The first-order valence-corrected chi connectivity index (χ1v) is 12.8. The average Bonchev–Trinajstić information content (AvgIpc) is 3.02. The quantitative estimate of drug-likeness (QED) is 0.190. The lowest BCUT2D eigenvalue weighted by Crippen LogP contribution is -2.40. The Kier molecular flexibility index (Phi) is 15.8. The second-order valence-electron chi connectivity index (χ2n) is 8.03. The Labute approximate surface area is 183 Å². The summed E-state index contributed by atoms with van der Waals surface area (Å²) in [5.74, 6) is 0. The number of urea groups is 1. The van der Waals surface area contributed by atoms with Gasteiger partial charge in [0, 0.05) is 11.4 Å². The van der Waals surface area contributed by atoms with E-state index in [2.05, 4.69) is 18.8 Å². The van der Waals surface area contributed by atoms with Crippen LogP contribution in [0.2, 0.25) is 0 Å². The molecule has 0 radical (unpaired) electrons. The average molecular weight is 427 g/mol. The van der Waals surface area contributed by atoms with Gasteiger partial charge in [-0.1, -0.05) is 134 Å². The molecule has 1 heterocycles. The smallest absolute Gasteiger partial charge is 0.323 e. The normalized spacial score (nSPS) is 14.1. The Morgan fingerprint density at radius 2 is 1.32 bits per heavy atom. The van der Waals surface area contributed by atoms with Crippen molar-refractivity contribution in [3.05, 3.63) is 11.5 Å². The highest BCUT2D eigenvalue weighted by Crippen LogP contribution is 2.27. The predicted octanol–water partition coefficient (Wildman–Crippen LogP) is 7.80. The number of thioether (sulfide) groups is 1. The maximum absolute atomic E-state index is 12.0. The van der Waals surface area contributed by atoms with Gasteiger partial charge in [0.1, 0.15) is 4.32 Å². The molecule has 0 aromatic carbocycles. The number of nitrogens with one attached hydrogen (secondary N) is 1. The molecule has 2 amide bonds. The second-order valence-corrected chi connectivity index (χ2v) is 9.84. The Hall–Kier alpha value is -0.550. The summed E-state index contributed by atoms with van der Waals surface area (Å²) in [5.41, 5.74) is 0. The highest BCUT2D eigenvalue weighted by atomic mass is 32.2. The fourth-order valence-corrected chi connectivity index (χ4v) is 4.77. The summed E-state index contributed by atoms with van der Waals surface area (Å²) in [6.07, 6.45) is 21.8. The minimum atomic E-state index is -0.0721. The number of hydrogen-bond donors (Lipinski definition) is 1. The van der Waals surface area contributed by atoms with Crippen molar-refractivity contribution < 1.29 is 4.79 Å². The monoisotopic (exact) mass is 426 g/mol. The van der Waals surface area contributed by atoms with E-state index >= 15 is 0 Å². The molecule has 5 heteroatoms. The molecule has 0 saturated carbocycles. The highest BCUT2D eigenvalue weighted by molar-refractivity contribution is 8.25. The van der Waals surface area contributed by atoms with E-state index in [9.17, 15) is 4.79 Å². The predicted molar refractivity (Wildman–Crippen MR) is 129 cm³/mol. The molecule has 3 nitrogen and oxygen atoms in total. The summed E-state index contributed by atoms with van der Waals surface area (Å²) in [5, 5.41) is 2.97. The topological polar surface area (TPSA) is 32.3 Å². The zero-order valence-electron chi connectivity index (χ0n) is 18.1. The number of amides is 2. The van der Waals surface area contributed by atoms with Crippen molar-refractivity contribution in [2.45, 2.75) is 110 Å². The third-order valence-corrected chi connectivity index (χ3v) is 6.62. The van der Waals surface area contributed by atoms with Crippen LogP contribution in [0.25, 0.3) is 0 Å². The molecular weight excluding hydrogens is 384 g/mol. The maximum Gasteiger partial charge on any atom is 0.323 e. The standard InChI is InChI=1S/C23H42N2OS2/c1-3-4-5-6-7-8-9-10-11-12-13-14-15-16-17-18-19-24-22(26)25-20-21(2)28-23(25)27/h2-20H2,1H3,(H,24,26). The number of nitrogens with zero attached hydrogens (tertiary/aromatic N) is 1. The van der Waals surface area contributed by atoms with Gasteiger partial charge in [-0.25, -0.2) is 4.79 Å². The number of thiocarbonyl (C=S) groups is 1. The van der Waals surface area contributed by atoms with E-state index in [1.807, 2.05) is 0 Å². The number of rotatable bonds is 17. The van der Waals surface area contributed by atoms with Crippen molar-refractivity contribution in [1.29, 1.82) is 0 Å². The van der Waals surface area contributed by atoms with Crippen LogP contribution in [0.3, 0.4) is 0 Å². The van der Waals surface area contributed by atoms with Crippen LogP contribution >= 0.6 is 24.0 Å². The van der Waals surface area contributed by atoms with Crippen molar-refractivity contribution in [1.82, 2.24) is 10.2 Å². The summed E-state index contributed by atoms with van der Waals surface area (Å²) < 4.78 is 0.620. The van der Waals surface area contributed by atoms with E-state index in [4.69, 9.17) is 12.2 Å². The van der Waals surface area contributed by atoms with Gasteiger partial charge >= 0.3 is 6.03 Å². The van der Waals surface area contributed by atoms with Gasteiger partial charge in [-0.15, -0.1) is 0 Å². The van der Waals surface area contributed by atoms with Crippen LogP contribution in [-0.2, 0) is 0 Å². The first-order chi connectivity index (χ1) is 13.6. The molecule has 1 aliphatic heterocycles. The molecule has 0 aliphatic carbocycles. The van der Waals surface area contributed by atoms with E-state index in [1.165, 1.54) is 108 Å². The van der Waals surface area contributed by atoms with Crippen LogP contribution in [0.15, 0.2) is 11.5 Å². The summed E-state index contributed by atoms with van der Waals surface area (Å²) in [6.45, 7) is 7.45. The van der Waals surface area contributed by atoms with E-state index in [-0.39, 0.29) is 6.03 Å². The molecule has 162 valence electrons. The Bertz CT molecular complexity index is 454. The second kappa shape index (κ2) is 17.3. The lowest BCUT2D eigenvalue weighted by atomic mass is 10.0. The highest BCUT2D eigenvalue weighted by Gasteiger charge is 2.26. The van der Waals surface area contributed by atoms with Crippen LogP contribution < -0.4 is 5.32 Å². The number of hydrogen-bond acceptors (Lipinski definition) is 3. The molecule has 1 N–H and O–H groups in total. The van der Waals surface area contributed by atoms with Gasteiger partial charge in [-0.2, -0.15) is 0 Å².